The van der Waals surface area contributed by atoms with Crippen LogP contribution in [-0.2, 0) is 11.3 Å². The summed E-state index contributed by atoms with van der Waals surface area (Å²) in [6.45, 7) is 0.118. The third-order valence-corrected chi connectivity index (χ3v) is 6.10. The van der Waals surface area contributed by atoms with Gasteiger partial charge in [-0.05, 0) is 48.5 Å². The molecule has 0 fully saturated rings. The molecule has 10 heteroatoms. The largest absolute Gasteiger partial charge is 0.497 e. The second kappa shape index (κ2) is 11.9. The zero-order chi connectivity index (χ0) is 25.3. The molecule has 4 aromatic rings. The topological polar surface area (TPSA) is 107 Å². The minimum absolute atomic E-state index is 0.118. The van der Waals surface area contributed by atoms with Crippen molar-refractivity contribution in [1.82, 2.24) is 20.1 Å². The van der Waals surface area contributed by atoms with Crippen molar-refractivity contribution in [3.8, 4) is 17.2 Å². The first-order valence-electron chi connectivity index (χ1n) is 11.1. The van der Waals surface area contributed by atoms with Gasteiger partial charge in [-0.3, -0.25) is 14.2 Å². The lowest BCUT2D eigenvalue weighted by molar-refractivity contribution is -0.113. The number of para-hydroxylation sites is 3. The van der Waals surface area contributed by atoms with Crippen LogP contribution in [0.1, 0.15) is 16.2 Å². The summed E-state index contributed by atoms with van der Waals surface area (Å²) in [6, 6.07) is 23.5. The average molecular weight is 504 g/mol. The van der Waals surface area contributed by atoms with Gasteiger partial charge in [0.1, 0.15) is 11.5 Å². The first-order valence-corrected chi connectivity index (χ1v) is 12.0. The number of methoxy groups -OCH3 is 2. The van der Waals surface area contributed by atoms with Crippen molar-refractivity contribution >= 4 is 29.3 Å². The number of hydrogen-bond donors (Lipinski definition) is 2. The summed E-state index contributed by atoms with van der Waals surface area (Å²) in [5, 5.41) is 14.8. The van der Waals surface area contributed by atoms with Crippen LogP contribution in [0, 0.1) is 0 Å². The summed E-state index contributed by atoms with van der Waals surface area (Å²) in [5.74, 6) is 1.46. The summed E-state index contributed by atoms with van der Waals surface area (Å²) < 4.78 is 12.5. The van der Waals surface area contributed by atoms with Gasteiger partial charge in [0, 0.05) is 11.3 Å². The molecule has 4 rings (SSSR count). The van der Waals surface area contributed by atoms with Crippen LogP contribution < -0.4 is 20.1 Å². The lowest BCUT2D eigenvalue weighted by Crippen LogP contribution is -2.24. The monoisotopic (exact) mass is 503 g/mol. The molecule has 3 aromatic carbocycles. The lowest BCUT2D eigenvalue weighted by atomic mass is 10.2. The van der Waals surface area contributed by atoms with Crippen LogP contribution in [0.25, 0.3) is 5.69 Å². The maximum atomic E-state index is 12.7. The van der Waals surface area contributed by atoms with E-state index in [1.807, 2.05) is 54.6 Å². The third-order valence-electron chi connectivity index (χ3n) is 5.18. The number of nitrogens with zero attached hydrogens (tertiary/aromatic N) is 3. The molecule has 0 saturated carbocycles. The Bertz CT molecular complexity index is 1330. The van der Waals surface area contributed by atoms with Crippen LogP contribution in [-0.4, -0.2) is 46.6 Å². The molecule has 2 N–H and O–H groups in total. The van der Waals surface area contributed by atoms with E-state index in [9.17, 15) is 9.59 Å². The van der Waals surface area contributed by atoms with E-state index in [-0.39, 0.29) is 24.1 Å². The number of rotatable bonds is 10. The summed E-state index contributed by atoms with van der Waals surface area (Å²) >= 11 is 1.24. The van der Waals surface area contributed by atoms with E-state index in [4.69, 9.17) is 9.47 Å². The van der Waals surface area contributed by atoms with Crippen molar-refractivity contribution in [2.75, 3.05) is 25.3 Å². The summed E-state index contributed by atoms with van der Waals surface area (Å²) in [6.07, 6.45) is 0. The Morgan fingerprint density at radius 2 is 1.61 bits per heavy atom. The molecule has 36 heavy (non-hydrogen) atoms. The zero-order valence-electron chi connectivity index (χ0n) is 19.8. The molecule has 0 unspecified atom stereocenters. The van der Waals surface area contributed by atoms with E-state index in [2.05, 4.69) is 20.8 Å². The van der Waals surface area contributed by atoms with Crippen LogP contribution in [0.4, 0.5) is 5.69 Å². The molecule has 0 radical (unpaired) electrons. The van der Waals surface area contributed by atoms with Gasteiger partial charge in [0.15, 0.2) is 11.0 Å². The number of anilines is 1. The van der Waals surface area contributed by atoms with Gasteiger partial charge in [0.25, 0.3) is 5.91 Å². The van der Waals surface area contributed by atoms with Crippen LogP contribution in [0.5, 0.6) is 11.5 Å². The Labute approximate surface area is 212 Å². The smallest absolute Gasteiger partial charge is 0.251 e. The molecular weight excluding hydrogens is 478 g/mol. The highest BCUT2D eigenvalue weighted by atomic mass is 32.2. The van der Waals surface area contributed by atoms with E-state index < -0.39 is 0 Å². The van der Waals surface area contributed by atoms with Crippen molar-refractivity contribution < 1.29 is 19.1 Å². The van der Waals surface area contributed by atoms with E-state index in [1.54, 1.807) is 43.1 Å². The second-order valence-corrected chi connectivity index (χ2v) is 8.46. The quantitative estimate of drug-likeness (QED) is 0.316. The normalized spacial score (nSPS) is 10.5. The minimum atomic E-state index is -0.260. The maximum Gasteiger partial charge on any atom is 0.251 e. The molecule has 0 aliphatic carbocycles. The number of carbonyl (C=O) groups excluding carboxylic acids is 2. The summed E-state index contributed by atoms with van der Waals surface area (Å²) in [5.41, 5.74) is 1.91. The fourth-order valence-electron chi connectivity index (χ4n) is 3.42. The predicted octanol–water partition coefficient (Wildman–Crippen LogP) is 3.95. The Hall–Kier alpha value is -4.31. The standard InChI is InChI=1S/C26H25N5O4S/c1-34-20-14-12-18(13-15-20)25(33)27-16-23-29-30-26(31(23)21-10-6-7-11-22(21)35-2)36-17-24(32)28-19-8-4-3-5-9-19/h3-15H,16-17H2,1-2H3,(H,27,33)(H,28,32). The van der Waals surface area contributed by atoms with E-state index in [0.717, 1.165) is 5.69 Å². The molecule has 0 spiro atoms. The number of carbonyl (C=O) groups is 2. The van der Waals surface area contributed by atoms with Gasteiger partial charge in [0.2, 0.25) is 5.91 Å². The fourth-order valence-corrected chi connectivity index (χ4v) is 4.18. The Morgan fingerprint density at radius 1 is 0.889 bits per heavy atom. The van der Waals surface area contributed by atoms with Gasteiger partial charge < -0.3 is 20.1 Å². The van der Waals surface area contributed by atoms with Crippen molar-refractivity contribution in [3.63, 3.8) is 0 Å². The zero-order valence-corrected chi connectivity index (χ0v) is 20.6. The molecule has 0 aliphatic heterocycles. The van der Waals surface area contributed by atoms with Gasteiger partial charge in [-0.1, -0.05) is 42.1 Å². The highest BCUT2D eigenvalue weighted by Gasteiger charge is 2.19. The molecule has 0 bridgehead atoms. The number of nitrogens with one attached hydrogen (secondary N) is 2. The maximum absolute atomic E-state index is 12.7. The number of thioether (sulfide) groups is 1. The first kappa shape index (κ1) is 24.8. The van der Waals surface area contributed by atoms with E-state index in [1.165, 1.54) is 11.8 Å². The molecule has 0 saturated heterocycles. The number of hydrogen-bond acceptors (Lipinski definition) is 7. The molecule has 0 atom stereocenters. The molecule has 1 heterocycles. The lowest BCUT2D eigenvalue weighted by Gasteiger charge is -2.14. The molecular formula is C26H25N5O4S. The van der Waals surface area contributed by atoms with Crippen molar-refractivity contribution in [2.45, 2.75) is 11.7 Å². The van der Waals surface area contributed by atoms with E-state index >= 15 is 0 Å². The number of ether oxygens (including phenoxy) is 2. The third kappa shape index (κ3) is 6.02. The van der Waals surface area contributed by atoms with Crippen molar-refractivity contribution in [2.24, 2.45) is 0 Å². The molecule has 2 amide bonds. The summed E-state index contributed by atoms with van der Waals surface area (Å²) in [4.78, 5) is 25.2. The average Bonchev–Trinajstić information content (AvgIpc) is 3.33. The molecule has 1 aromatic heterocycles. The first-order chi connectivity index (χ1) is 17.6. The van der Waals surface area contributed by atoms with Gasteiger partial charge in [-0.15, -0.1) is 10.2 Å². The molecule has 9 nitrogen and oxygen atoms in total. The van der Waals surface area contributed by atoms with Crippen LogP contribution in [0.15, 0.2) is 84.0 Å². The second-order valence-electron chi connectivity index (χ2n) is 7.52. The molecule has 0 aliphatic rings. The SMILES string of the molecule is COc1ccc(C(=O)NCc2nnc(SCC(=O)Nc3ccccc3)n2-c2ccccc2OC)cc1. The van der Waals surface area contributed by atoms with Gasteiger partial charge in [-0.2, -0.15) is 0 Å². The van der Waals surface area contributed by atoms with Gasteiger partial charge in [-0.25, -0.2) is 0 Å². The number of aromatic nitrogens is 3. The number of amides is 2. The van der Waals surface area contributed by atoms with E-state index in [0.29, 0.717) is 33.7 Å². The van der Waals surface area contributed by atoms with Gasteiger partial charge in [0.05, 0.1) is 32.2 Å². The highest BCUT2D eigenvalue weighted by molar-refractivity contribution is 7.99. The predicted molar refractivity (Wildman–Crippen MR) is 138 cm³/mol. The highest BCUT2D eigenvalue weighted by Crippen LogP contribution is 2.28. The number of benzene rings is 3. The minimum Gasteiger partial charge on any atom is -0.497 e. The van der Waals surface area contributed by atoms with Crippen LogP contribution >= 0.6 is 11.8 Å². The Kier molecular flexibility index (Phi) is 8.20. The Morgan fingerprint density at radius 3 is 2.33 bits per heavy atom. The van der Waals surface area contributed by atoms with Crippen molar-refractivity contribution in [3.05, 3.63) is 90.3 Å². The van der Waals surface area contributed by atoms with Crippen LogP contribution in [0.2, 0.25) is 0 Å². The van der Waals surface area contributed by atoms with Crippen LogP contribution in [0.3, 0.4) is 0 Å². The van der Waals surface area contributed by atoms with Gasteiger partial charge >= 0.3 is 0 Å². The summed E-state index contributed by atoms with van der Waals surface area (Å²) in [7, 11) is 3.15. The molecule has 184 valence electrons. The Balaban J connectivity index is 1.53. The fraction of sp³-hybridized carbons (Fsp3) is 0.154. The van der Waals surface area contributed by atoms with Crippen molar-refractivity contribution in [1.29, 1.82) is 0 Å².